The molecular weight excluding hydrogens is 509 g/mol. The maximum Gasteiger partial charge on any atom is 0.466 e. The summed E-state index contributed by atoms with van der Waals surface area (Å²) in [7, 11) is -4.64. The standard InChI is InChI=1S/C24H50O.C8H19N.H3O4P/c1-5-9-13-15-19-23(17-11-7-3)21-25-22-24(18-12-8-4)20-16-14-10-6-2;1-2-3-4-5-6-7-8-9;1-5(2,3)4/h23-24H,5-22H2,1-4H3;2-9H2,1H3;(H3,1,2,3,4). The van der Waals surface area contributed by atoms with Crippen LogP contribution in [0.5, 0.6) is 0 Å². The zero-order valence-corrected chi connectivity index (χ0v) is 27.9. The van der Waals surface area contributed by atoms with Gasteiger partial charge in [0.25, 0.3) is 0 Å². The van der Waals surface area contributed by atoms with Crippen LogP contribution >= 0.6 is 7.82 Å². The molecule has 0 heterocycles. The Bertz CT molecular complexity index is 437. The van der Waals surface area contributed by atoms with Crippen LogP contribution in [-0.4, -0.2) is 34.4 Å². The van der Waals surface area contributed by atoms with E-state index in [1.807, 2.05) is 0 Å². The largest absolute Gasteiger partial charge is 0.466 e. The molecule has 0 fully saturated rings. The van der Waals surface area contributed by atoms with Crippen molar-refractivity contribution in [3.05, 3.63) is 0 Å². The van der Waals surface area contributed by atoms with E-state index in [1.165, 1.54) is 141 Å². The Hall–Kier alpha value is 0.0300. The number of ether oxygens (including phenoxy) is 1. The van der Waals surface area contributed by atoms with E-state index in [0.717, 1.165) is 31.6 Å². The quantitative estimate of drug-likeness (QED) is 0.0597. The van der Waals surface area contributed by atoms with Crippen molar-refractivity contribution in [1.29, 1.82) is 0 Å². The van der Waals surface area contributed by atoms with Gasteiger partial charge in [-0.2, -0.15) is 0 Å². The van der Waals surface area contributed by atoms with Gasteiger partial charge >= 0.3 is 7.82 Å². The lowest BCUT2D eigenvalue weighted by Crippen LogP contribution is -2.16. The van der Waals surface area contributed by atoms with E-state index < -0.39 is 7.82 Å². The summed E-state index contributed by atoms with van der Waals surface area (Å²) in [6.07, 6.45) is 30.1. The highest BCUT2D eigenvalue weighted by atomic mass is 31.2. The summed E-state index contributed by atoms with van der Waals surface area (Å²) in [6, 6.07) is 0. The predicted octanol–water partition coefficient (Wildman–Crippen LogP) is 9.93. The van der Waals surface area contributed by atoms with Crippen LogP contribution in [0.4, 0.5) is 0 Å². The molecule has 0 amide bonds. The summed E-state index contributed by atoms with van der Waals surface area (Å²) in [5.74, 6) is 1.62. The number of rotatable bonds is 26. The van der Waals surface area contributed by atoms with Crippen molar-refractivity contribution >= 4 is 7.82 Å². The summed E-state index contributed by atoms with van der Waals surface area (Å²) in [6.45, 7) is 14.4. The van der Waals surface area contributed by atoms with Gasteiger partial charge in [0.1, 0.15) is 0 Å². The highest BCUT2D eigenvalue weighted by Gasteiger charge is 2.12. The topological polar surface area (TPSA) is 113 Å². The molecule has 0 radical (unpaired) electrons. The molecule has 2 atom stereocenters. The van der Waals surface area contributed by atoms with E-state index >= 15 is 0 Å². The normalized spacial score (nSPS) is 12.7. The van der Waals surface area contributed by atoms with Crippen LogP contribution in [0.15, 0.2) is 0 Å². The van der Waals surface area contributed by atoms with Gasteiger partial charge in [0.15, 0.2) is 0 Å². The number of hydrogen-bond acceptors (Lipinski definition) is 3. The van der Waals surface area contributed by atoms with Gasteiger partial charge in [-0.05, 0) is 50.5 Å². The molecule has 5 N–H and O–H groups in total. The molecule has 0 saturated heterocycles. The molecule has 7 heteroatoms. The average molecular weight is 582 g/mol. The van der Waals surface area contributed by atoms with Crippen LogP contribution in [-0.2, 0) is 9.30 Å². The van der Waals surface area contributed by atoms with Crippen molar-refractivity contribution in [2.24, 2.45) is 17.6 Å². The van der Waals surface area contributed by atoms with Crippen LogP contribution < -0.4 is 5.73 Å². The number of phosphoric acid groups is 1. The van der Waals surface area contributed by atoms with Gasteiger partial charge in [0.2, 0.25) is 0 Å². The van der Waals surface area contributed by atoms with Gasteiger partial charge in [-0.15, -0.1) is 0 Å². The minimum Gasteiger partial charge on any atom is -0.381 e. The SMILES string of the molecule is CCCCCCC(CCCC)COCC(CCCC)CCCCCC.CCCCCCCCN.O=P(O)(O)O. The molecule has 0 aromatic rings. The van der Waals surface area contributed by atoms with Crippen LogP contribution in [0.1, 0.15) is 176 Å². The van der Waals surface area contributed by atoms with Crippen molar-refractivity contribution in [2.75, 3.05) is 19.8 Å². The van der Waals surface area contributed by atoms with E-state index in [4.69, 9.17) is 29.7 Å². The first-order chi connectivity index (χ1) is 18.7. The Kier molecular flexibility index (Phi) is 40.2. The zero-order chi connectivity index (χ0) is 30.0. The minimum atomic E-state index is -4.64. The molecule has 6 nitrogen and oxygen atoms in total. The highest BCUT2D eigenvalue weighted by Crippen LogP contribution is 2.26. The maximum atomic E-state index is 8.88. The maximum absolute atomic E-state index is 8.88. The first-order valence-corrected chi connectivity index (χ1v) is 18.3. The molecule has 0 saturated carbocycles. The number of unbranched alkanes of at least 4 members (excludes halogenated alkanes) is 13. The second-order valence-corrected chi connectivity index (χ2v) is 12.3. The summed E-state index contributed by atoms with van der Waals surface area (Å²) in [4.78, 5) is 21.6. The minimum absolute atomic E-state index is 0.809. The molecular formula is C32H72NO5P. The first kappa shape index (κ1) is 43.5. The fraction of sp³-hybridized carbons (Fsp3) is 1.00. The van der Waals surface area contributed by atoms with Gasteiger partial charge in [0, 0.05) is 13.2 Å². The molecule has 0 aliphatic carbocycles. The van der Waals surface area contributed by atoms with E-state index in [2.05, 4.69) is 34.6 Å². The van der Waals surface area contributed by atoms with E-state index in [-0.39, 0.29) is 0 Å². The molecule has 0 rings (SSSR count). The van der Waals surface area contributed by atoms with Crippen LogP contribution in [0.25, 0.3) is 0 Å². The molecule has 39 heavy (non-hydrogen) atoms. The fourth-order valence-electron chi connectivity index (χ4n) is 4.65. The highest BCUT2D eigenvalue weighted by molar-refractivity contribution is 7.45. The first-order valence-electron chi connectivity index (χ1n) is 16.8. The molecule has 0 aromatic heterocycles. The van der Waals surface area contributed by atoms with Gasteiger partial charge < -0.3 is 25.2 Å². The second kappa shape index (κ2) is 36.1. The van der Waals surface area contributed by atoms with Crippen molar-refractivity contribution in [2.45, 2.75) is 176 Å². The molecule has 0 aromatic carbocycles. The molecule has 0 spiro atoms. The van der Waals surface area contributed by atoms with Crippen molar-refractivity contribution < 1.29 is 24.0 Å². The third-order valence-electron chi connectivity index (χ3n) is 7.13. The smallest absolute Gasteiger partial charge is 0.381 e. The van der Waals surface area contributed by atoms with Crippen molar-refractivity contribution in [3.63, 3.8) is 0 Å². The number of nitrogens with two attached hydrogens (primary N) is 1. The zero-order valence-electron chi connectivity index (χ0n) is 27.0. The molecule has 0 aliphatic rings. The van der Waals surface area contributed by atoms with Crippen LogP contribution in [0.3, 0.4) is 0 Å². The summed E-state index contributed by atoms with van der Waals surface area (Å²) < 4.78 is 15.1. The van der Waals surface area contributed by atoms with E-state index in [0.29, 0.717) is 0 Å². The Labute approximate surface area is 244 Å². The van der Waals surface area contributed by atoms with Crippen molar-refractivity contribution in [3.8, 4) is 0 Å². The lowest BCUT2D eigenvalue weighted by molar-refractivity contribution is 0.0590. The van der Waals surface area contributed by atoms with Crippen LogP contribution in [0.2, 0.25) is 0 Å². The van der Waals surface area contributed by atoms with Gasteiger partial charge in [-0.1, -0.05) is 144 Å². The molecule has 2 unspecified atom stereocenters. The second-order valence-electron chi connectivity index (χ2n) is 11.3. The molecule has 0 bridgehead atoms. The molecule has 0 aliphatic heterocycles. The summed E-state index contributed by atoms with van der Waals surface area (Å²) in [5.41, 5.74) is 5.34. The summed E-state index contributed by atoms with van der Waals surface area (Å²) >= 11 is 0. The average Bonchev–Trinajstić information content (AvgIpc) is 2.89. The van der Waals surface area contributed by atoms with E-state index in [9.17, 15) is 0 Å². The Morgan fingerprint density at radius 2 is 0.795 bits per heavy atom. The van der Waals surface area contributed by atoms with Gasteiger partial charge in [-0.25, -0.2) is 4.57 Å². The predicted molar refractivity (Wildman–Crippen MR) is 171 cm³/mol. The Balaban J connectivity index is -0.000000755. The fourth-order valence-corrected chi connectivity index (χ4v) is 4.65. The Morgan fingerprint density at radius 3 is 1.13 bits per heavy atom. The molecule has 240 valence electrons. The van der Waals surface area contributed by atoms with Crippen LogP contribution in [0, 0.1) is 11.8 Å². The lowest BCUT2D eigenvalue weighted by Gasteiger charge is -2.21. The third kappa shape index (κ3) is 48.1. The van der Waals surface area contributed by atoms with Crippen molar-refractivity contribution in [1.82, 2.24) is 0 Å². The van der Waals surface area contributed by atoms with Gasteiger partial charge in [-0.3, -0.25) is 0 Å². The monoisotopic (exact) mass is 582 g/mol. The number of hydrogen-bond donors (Lipinski definition) is 4. The van der Waals surface area contributed by atoms with E-state index in [1.54, 1.807) is 0 Å². The van der Waals surface area contributed by atoms with Gasteiger partial charge in [0.05, 0.1) is 0 Å². The summed E-state index contributed by atoms with van der Waals surface area (Å²) in [5, 5.41) is 0. The lowest BCUT2D eigenvalue weighted by atomic mass is 9.95. The third-order valence-corrected chi connectivity index (χ3v) is 7.13. The Morgan fingerprint density at radius 1 is 0.513 bits per heavy atom.